The van der Waals surface area contributed by atoms with Crippen molar-refractivity contribution in [2.24, 2.45) is 0 Å². The van der Waals surface area contributed by atoms with Gasteiger partial charge in [0.05, 0.1) is 11.2 Å². The summed E-state index contributed by atoms with van der Waals surface area (Å²) in [5.74, 6) is 1.30. The van der Waals surface area contributed by atoms with Crippen LogP contribution in [0.25, 0.3) is 22.4 Å². The van der Waals surface area contributed by atoms with Gasteiger partial charge in [-0.2, -0.15) is 4.98 Å². The molecule has 0 N–H and O–H groups in total. The lowest BCUT2D eigenvalue weighted by molar-refractivity contribution is -0.121. The van der Waals surface area contributed by atoms with Crippen molar-refractivity contribution in [2.45, 2.75) is 26.4 Å². The Morgan fingerprint density at radius 1 is 1.17 bits per heavy atom. The first-order chi connectivity index (χ1) is 14.2. The molecule has 0 fully saturated rings. The van der Waals surface area contributed by atoms with Crippen molar-refractivity contribution in [3.05, 3.63) is 48.4 Å². The van der Waals surface area contributed by atoms with Crippen LogP contribution in [0.4, 0.5) is 5.69 Å². The molecule has 1 amide bonds. The average molecular weight is 390 g/mol. The Labute approximate surface area is 165 Å². The number of nitrogens with zero attached hydrogens (tertiary/aromatic N) is 6. The van der Waals surface area contributed by atoms with Crippen molar-refractivity contribution in [2.75, 3.05) is 11.5 Å². The summed E-state index contributed by atoms with van der Waals surface area (Å²) in [5.41, 5.74) is 3.22. The summed E-state index contributed by atoms with van der Waals surface area (Å²) in [6.07, 6.45) is 0.984. The van der Waals surface area contributed by atoms with Crippen LogP contribution in [-0.4, -0.2) is 37.6 Å². The van der Waals surface area contributed by atoms with E-state index in [1.54, 1.807) is 4.90 Å². The van der Waals surface area contributed by atoms with Crippen molar-refractivity contribution in [1.29, 1.82) is 0 Å². The van der Waals surface area contributed by atoms with E-state index in [1.165, 1.54) is 0 Å². The van der Waals surface area contributed by atoms with Gasteiger partial charge in [-0.15, -0.1) is 5.10 Å². The fraction of sp³-hybridized carbons (Fsp3) is 0.250. The lowest BCUT2D eigenvalue weighted by Gasteiger charge is -2.27. The summed E-state index contributed by atoms with van der Waals surface area (Å²) in [7, 11) is 0. The van der Waals surface area contributed by atoms with Gasteiger partial charge in [0.15, 0.2) is 6.61 Å². The summed E-state index contributed by atoms with van der Waals surface area (Å²) in [6, 6.07) is 13.1. The number of hydrogen-bond donors (Lipinski definition) is 0. The predicted octanol–water partition coefficient (Wildman–Crippen LogP) is 2.82. The molecule has 0 unspecified atom stereocenters. The second kappa shape index (κ2) is 7.01. The molecule has 9 nitrogen and oxygen atoms in total. The smallest absolute Gasteiger partial charge is 0.265 e. The summed E-state index contributed by atoms with van der Waals surface area (Å²) in [5, 5.41) is 12.5. The summed E-state index contributed by atoms with van der Waals surface area (Å²) >= 11 is 0. The molecule has 2 aromatic carbocycles. The predicted molar refractivity (Wildman–Crippen MR) is 104 cm³/mol. The molecule has 1 aliphatic heterocycles. The number of rotatable bonds is 5. The van der Waals surface area contributed by atoms with Crippen LogP contribution in [0.1, 0.15) is 19.2 Å². The highest BCUT2D eigenvalue weighted by Gasteiger charge is 2.27. The molecule has 0 spiro atoms. The molecule has 0 aliphatic carbocycles. The molecule has 0 atom stereocenters. The Balaban J connectivity index is 1.41. The minimum Gasteiger partial charge on any atom is -0.482 e. The third-order valence-electron chi connectivity index (χ3n) is 4.78. The molecule has 146 valence electrons. The van der Waals surface area contributed by atoms with E-state index < -0.39 is 0 Å². The monoisotopic (exact) mass is 390 g/mol. The number of hydrogen-bond acceptors (Lipinski definition) is 7. The molecule has 5 rings (SSSR count). The van der Waals surface area contributed by atoms with Crippen LogP contribution in [0.15, 0.2) is 47.0 Å². The van der Waals surface area contributed by atoms with Gasteiger partial charge in [0, 0.05) is 12.1 Å². The highest BCUT2D eigenvalue weighted by atomic mass is 16.5. The van der Waals surface area contributed by atoms with E-state index in [0.29, 0.717) is 23.2 Å². The van der Waals surface area contributed by atoms with E-state index in [9.17, 15) is 4.79 Å². The Kier molecular flexibility index (Phi) is 4.19. The number of amides is 1. The van der Waals surface area contributed by atoms with E-state index in [2.05, 4.69) is 27.4 Å². The number of ether oxygens (including phenoxy) is 1. The van der Waals surface area contributed by atoms with Crippen LogP contribution in [0.5, 0.6) is 5.75 Å². The summed E-state index contributed by atoms with van der Waals surface area (Å²) in [4.78, 5) is 18.4. The molecule has 4 aromatic rings. The van der Waals surface area contributed by atoms with E-state index in [1.807, 2.05) is 47.1 Å². The number of aromatic nitrogens is 5. The Morgan fingerprint density at radius 2 is 2.07 bits per heavy atom. The number of anilines is 1. The van der Waals surface area contributed by atoms with E-state index >= 15 is 0 Å². The van der Waals surface area contributed by atoms with E-state index in [0.717, 1.165) is 29.6 Å². The van der Waals surface area contributed by atoms with Crippen LogP contribution in [0.3, 0.4) is 0 Å². The highest BCUT2D eigenvalue weighted by molar-refractivity contribution is 5.97. The number of carbonyl (C=O) groups excluding carboxylic acids is 1. The fourth-order valence-corrected chi connectivity index (χ4v) is 3.39. The van der Waals surface area contributed by atoms with E-state index in [-0.39, 0.29) is 19.1 Å². The summed E-state index contributed by atoms with van der Waals surface area (Å²) < 4.78 is 12.7. The van der Waals surface area contributed by atoms with Gasteiger partial charge in [0.1, 0.15) is 17.8 Å². The first kappa shape index (κ1) is 17.4. The highest BCUT2D eigenvalue weighted by Crippen LogP contribution is 2.32. The minimum absolute atomic E-state index is 0.0118. The number of benzene rings is 2. The number of aryl methyl sites for hydroxylation is 1. The fourth-order valence-electron chi connectivity index (χ4n) is 3.39. The first-order valence-electron chi connectivity index (χ1n) is 9.41. The van der Waals surface area contributed by atoms with E-state index in [4.69, 9.17) is 9.26 Å². The largest absolute Gasteiger partial charge is 0.482 e. The van der Waals surface area contributed by atoms with Gasteiger partial charge in [0.2, 0.25) is 11.7 Å². The van der Waals surface area contributed by atoms with Crippen molar-refractivity contribution >= 4 is 22.6 Å². The molecule has 1 aliphatic rings. The number of fused-ring (bicyclic) bond motifs is 2. The molecule has 0 saturated heterocycles. The number of para-hydroxylation sites is 2. The van der Waals surface area contributed by atoms with Crippen LogP contribution >= 0.6 is 0 Å². The lowest BCUT2D eigenvalue weighted by Crippen LogP contribution is -2.38. The maximum Gasteiger partial charge on any atom is 0.265 e. The zero-order valence-electron chi connectivity index (χ0n) is 15.8. The van der Waals surface area contributed by atoms with Crippen LogP contribution < -0.4 is 9.64 Å². The molecular formula is C20H18N6O3. The van der Waals surface area contributed by atoms with Crippen LogP contribution in [0.2, 0.25) is 0 Å². The molecule has 2 aromatic heterocycles. The van der Waals surface area contributed by atoms with Crippen LogP contribution in [0, 0.1) is 0 Å². The maximum absolute atomic E-state index is 12.3. The average Bonchev–Trinajstić information content (AvgIpc) is 3.37. The van der Waals surface area contributed by atoms with Crippen LogP contribution in [-0.2, 0) is 17.9 Å². The lowest BCUT2D eigenvalue weighted by atomic mass is 10.2. The first-order valence-corrected chi connectivity index (χ1v) is 9.41. The molecule has 9 heteroatoms. The molecule has 29 heavy (non-hydrogen) atoms. The minimum atomic E-state index is -0.155. The zero-order chi connectivity index (χ0) is 19.8. The summed E-state index contributed by atoms with van der Waals surface area (Å²) in [6.45, 7) is 3.08. The topological polar surface area (TPSA) is 99.2 Å². The van der Waals surface area contributed by atoms with Gasteiger partial charge in [-0.3, -0.25) is 9.69 Å². The van der Waals surface area contributed by atoms with Gasteiger partial charge in [-0.1, -0.05) is 29.4 Å². The third-order valence-corrected chi connectivity index (χ3v) is 4.78. The standard InChI is InChI=1S/C20H18N6O3/c1-2-9-26-15-8-7-13(10-14(15)22-24-26)20-21-18(29-23-20)11-25-16-5-3-4-6-17(16)28-12-19(25)27/h3-8,10H,2,9,11-12H2,1H3. The molecule has 0 saturated carbocycles. The molecule has 0 bridgehead atoms. The van der Waals surface area contributed by atoms with Gasteiger partial charge in [-0.05, 0) is 36.8 Å². The molecule has 0 radical (unpaired) electrons. The normalized spacial score (nSPS) is 13.6. The van der Waals surface area contributed by atoms with Crippen molar-refractivity contribution < 1.29 is 14.1 Å². The van der Waals surface area contributed by atoms with Crippen molar-refractivity contribution in [3.8, 4) is 17.1 Å². The Morgan fingerprint density at radius 3 is 2.97 bits per heavy atom. The van der Waals surface area contributed by atoms with Gasteiger partial charge in [0.25, 0.3) is 5.91 Å². The quantitative estimate of drug-likeness (QED) is 0.517. The molecule has 3 heterocycles. The second-order valence-corrected chi connectivity index (χ2v) is 6.76. The Bertz CT molecular complexity index is 1200. The van der Waals surface area contributed by atoms with Gasteiger partial charge in [-0.25, -0.2) is 4.68 Å². The van der Waals surface area contributed by atoms with Crippen molar-refractivity contribution in [3.63, 3.8) is 0 Å². The van der Waals surface area contributed by atoms with Crippen molar-refractivity contribution in [1.82, 2.24) is 25.1 Å². The maximum atomic E-state index is 12.3. The second-order valence-electron chi connectivity index (χ2n) is 6.76. The Hall–Kier alpha value is -3.75. The third kappa shape index (κ3) is 3.10. The molecular weight excluding hydrogens is 372 g/mol. The SMILES string of the molecule is CCCn1nnc2cc(-c3noc(CN4C(=O)COc5ccccc54)n3)ccc21. The van der Waals surface area contributed by atoms with Gasteiger partial charge >= 0.3 is 0 Å². The zero-order valence-corrected chi connectivity index (χ0v) is 15.8. The van der Waals surface area contributed by atoms with Gasteiger partial charge < -0.3 is 9.26 Å². The number of carbonyl (C=O) groups is 1.